The molecule has 1 saturated heterocycles. The number of nitrogens with zero attached hydrogens (tertiary/aromatic N) is 4. The van der Waals surface area contributed by atoms with E-state index >= 15 is 0 Å². The Morgan fingerprint density at radius 3 is 2.48 bits per heavy atom. The maximum absolute atomic E-state index is 13.9. The Balaban J connectivity index is 1.51. The van der Waals surface area contributed by atoms with Crippen LogP contribution in [0, 0.1) is 11.7 Å². The first kappa shape index (κ1) is 19.8. The highest BCUT2D eigenvalue weighted by molar-refractivity contribution is 5.79. The van der Waals surface area contributed by atoms with Gasteiger partial charge in [-0.1, -0.05) is 18.6 Å². The molecule has 158 valence electrons. The fourth-order valence-electron chi connectivity index (χ4n) is 4.41. The first-order valence-electron chi connectivity index (χ1n) is 11.0. The van der Waals surface area contributed by atoms with Crippen LogP contribution in [-0.4, -0.2) is 38.8 Å². The molecule has 1 unspecified atom stereocenters. The summed E-state index contributed by atoms with van der Waals surface area (Å²) in [7, 11) is 0. The quantitative estimate of drug-likeness (QED) is 0.610. The highest BCUT2D eigenvalue weighted by Gasteiger charge is 2.33. The third kappa shape index (κ3) is 4.20. The van der Waals surface area contributed by atoms with Crippen LogP contribution < -0.4 is 0 Å². The Hall–Kier alpha value is -3.15. The van der Waals surface area contributed by atoms with Gasteiger partial charge in [0.15, 0.2) is 0 Å². The van der Waals surface area contributed by atoms with Gasteiger partial charge in [-0.2, -0.15) is 0 Å². The van der Waals surface area contributed by atoms with Gasteiger partial charge in [-0.25, -0.2) is 14.4 Å². The van der Waals surface area contributed by atoms with Gasteiger partial charge in [-0.3, -0.25) is 9.78 Å². The number of carbonyl (C=O) groups is 1. The molecule has 31 heavy (non-hydrogen) atoms. The first-order valence-corrected chi connectivity index (χ1v) is 11.0. The maximum Gasteiger partial charge on any atom is 0.225 e. The molecule has 1 saturated carbocycles. The summed E-state index contributed by atoms with van der Waals surface area (Å²) in [5, 5.41) is 0. The number of aromatic nitrogens is 3. The summed E-state index contributed by atoms with van der Waals surface area (Å²) in [5.74, 6) is 0.970. The predicted octanol–water partition coefficient (Wildman–Crippen LogP) is 4.85. The number of likely N-dealkylation sites (tertiary alicyclic amines) is 1. The van der Waals surface area contributed by atoms with Gasteiger partial charge >= 0.3 is 0 Å². The van der Waals surface area contributed by atoms with E-state index in [0.717, 1.165) is 49.9 Å². The second-order valence-electron chi connectivity index (χ2n) is 8.50. The van der Waals surface area contributed by atoms with E-state index in [-0.39, 0.29) is 23.6 Å². The van der Waals surface area contributed by atoms with Crippen molar-refractivity contribution in [3.8, 4) is 22.5 Å². The van der Waals surface area contributed by atoms with Gasteiger partial charge in [-0.05, 0) is 56.0 Å². The molecule has 2 fully saturated rings. The monoisotopic (exact) mass is 416 g/mol. The average Bonchev–Trinajstić information content (AvgIpc) is 2.78. The molecule has 1 amide bonds. The van der Waals surface area contributed by atoms with Gasteiger partial charge in [0.2, 0.25) is 5.91 Å². The van der Waals surface area contributed by atoms with E-state index in [1.165, 1.54) is 12.1 Å². The van der Waals surface area contributed by atoms with Gasteiger partial charge in [0, 0.05) is 48.4 Å². The number of amides is 1. The van der Waals surface area contributed by atoms with Gasteiger partial charge in [0.25, 0.3) is 0 Å². The zero-order valence-electron chi connectivity index (χ0n) is 17.4. The molecule has 6 heteroatoms. The van der Waals surface area contributed by atoms with Crippen molar-refractivity contribution in [3.63, 3.8) is 0 Å². The number of piperidine rings is 1. The fourth-order valence-corrected chi connectivity index (χ4v) is 4.41. The Labute approximate surface area is 181 Å². The van der Waals surface area contributed by atoms with Crippen molar-refractivity contribution in [2.45, 2.75) is 38.0 Å². The summed E-state index contributed by atoms with van der Waals surface area (Å²) < 4.78 is 13.9. The highest BCUT2D eigenvalue weighted by atomic mass is 19.1. The Bertz CT molecular complexity index is 1080. The summed E-state index contributed by atoms with van der Waals surface area (Å²) >= 11 is 0. The number of carbonyl (C=O) groups excluding carboxylic acids is 1. The number of halogens is 1. The van der Waals surface area contributed by atoms with Crippen LogP contribution in [0.2, 0.25) is 0 Å². The fraction of sp³-hybridized carbons (Fsp3) is 0.360. The Morgan fingerprint density at radius 1 is 0.968 bits per heavy atom. The molecular formula is C25H25FN4O. The van der Waals surface area contributed by atoms with E-state index in [2.05, 4.69) is 4.98 Å². The standard InChI is InChI=1S/C25H25FN4O/c26-21-10-2-7-18(13-21)22-14-23(19-8-3-11-27-15-19)29-24(28-22)20-9-4-12-30(16-20)25(31)17-5-1-6-17/h2-3,7-8,10-11,13-15,17,20H,1,4-6,9,12,16H2. The van der Waals surface area contributed by atoms with E-state index in [0.29, 0.717) is 23.6 Å². The lowest BCUT2D eigenvalue weighted by Crippen LogP contribution is -2.44. The molecule has 3 heterocycles. The molecule has 5 rings (SSSR count). The molecule has 2 aromatic heterocycles. The van der Waals surface area contributed by atoms with Crippen LogP contribution in [0.1, 0.15) is 43.8 Å². The Morgan fingerprint density at radius 2 is 1.77 bits per heavy atom. The SMILES string of the molecule is O=C(C1CCC1)N1CCCC(c2nc(-c3cccnc3)cc(-c3cccc(F)c3)n2)C1. The largest absolute Gasteiger partial charge is 0.342 e. The highest BCUT2D eigenvalue weighted by Crippen LogP contribution is 2.33. The van der Waals surface area contributed by atoms with Crippen LogP contribution in [0.25, 0.3) is 22.5 Å². The van der Waals surface area contributed by atoms with Crippen molar-refractivity contribution in [1.29, 1.82) is 0 Å². The van der Waals surface area contributed by atoms with Crippen LogP contribution in [0.15, 0.2) is 54.9 Å². The zero-order valence-corrected chi connectivity index (χ0v) is 17.4. The molecule has 3 aromatic rings. The topological polar surface area (TPSA) is 59.0 Å². The van der Waals surface area contributed by atoms with Gasteiger partial charge in [0.1, 0.15) is 11.6 Å². The van der Waals surface area contributed by atoms with Crippen molar-refractivity contribution >= 4 is 5.91 Å². The van der Waals surface area contributed by atoms with Gasteiger partial charge in [-0.15, -0.1) is 0 Å². The minimum atomic E-state index is -0.296. The molecule has 0 N–H and O–H groups in total. The zero-order chi connectivity index (χ0) is 21.2. The summed E-state index contributed by atoms with van der Waals surface area (Å²) in [4.78, 5) is 28.7. The molecule has 5 nitrogen and oxygen atoms in total. The van der Waals surface area contributed by atoms with E-state index in [1.807, 2.05) is 29.2 Å². The summed E-state index contributed by atoms with van der Waals surface area (Å²) in [6.45, 7) is 1.46. The maximum atomic E-state index is 13.9. The normalized spacial score (nSPS) is 19.1. The van der Waals surface area contributed by atoms with Crippen LogP contribution in [-0.2, 0) is 4.79 Å². The van der Waals surface area contributed by atoms with E-state index in [4.69, 9.17) is 9.97 Å². The molecule has 1 aliphatic heterocycles. The number of rotatable bonds is 4. The van der Waals surface area contributed by atoms with Crippen molar-refractivity contribution in [1.82, 2.24) is 19.9 Å². The molecule has 0 bridgehead atoms. The predicted molar refractivity (Wildman–Crippen MR) is 117 cm³/mol. The summed E-state index contributed by atoms with van der Waals surface area (Å²) in [6, 6.07) is 12.2. The summed E-state index contributed by atoms with van der Waals surface area (Å²) in [6.07, 6.45) is 8.56. The van der Waals surface area contributed by atoms with Crippen molar-refractivity contribution in [3.05, 3.63) is 66.5 Å². The third-order valence-corrected chi connectivity index (χ3v) is 6.37. The number of benzene rings is 1. The van der Waals surface area contributed by atoms with Crippen LogP contribution >= 0.6 is 0 Å². The Kier molecular flexibility index (Phi) is 5.45. The van der Waals surface area contributed by atoms with Gasteiger partial charge in [0.05, 0.1) is 11.4 Å². The summed E-state index contributed by atoms with van der Waals surface area (Å²) in [5.41, 5.74) is 3.06. The number of pyridine rings is 1. The third-order valence-electron chi connectivity index (χ3n) is 6.37. The van der Waals surface area contributed by atoms with E-state index in [1.54, 1.807) is 18.5 Å². The molecule has 2 aliphatic rings. The second kappa shape index (κ2) is 8.53. The van der Waals surface area contributed by atoms with E-state index in [9.17, 15) is 9.18 Å². The molecule has 1 atom stereocenters. The van der Waals surface area contributed by atoms with Crippen molar-refractivity contribution in [2.24, 2.45) is 5.92 Å². The average molecular weight is 417 g/mol. The van der Waals surface area contributed by atoms with Gasteiger partial charge < -0.3 is 4.90 Å². The molecule has 1 aliphatic carbocycles. The van der Waals surface area contributed by atoms with Crippen LogP contribution in [0.5, 0.6) is 0 Å². The van der Waals surface area contributed by atoms with Crippen molar-refractivity contribution in [2.75, 3.05) is 13.1 Å². The molecule has 1 aromatic carbocycles. The molecule has 0 spiro atoms. The lowest BCUT2D eigenvalue weighted by molar-refractivity contribution is -0.139. The first-order chi connectivity index (χ1) is 15.2. The second-order valence-corrected chi connectivity index (χ2v) is 8.50. The number of hydrogen-bond donors (Lipinski definition) is 0. The number of hydrogen-bond acceptors (Lipinski definition) is 4. The van der Waals surface area contributed by atoms with Crippen molar-refractivity contribution < 1.29 is 9.18 Å². The lowest BCUT2D eigenvalue weighted by Gasteiger charge is -2.36. The smallest absolute Gasteiger partial charge is 0.225 e. The molecular weight excluding hydrogens is 391 g/mol. The van der Waals surface area contributed by atoms with E-state index < -0.39 is 0 Å². The van der Waals surface area contributed by atoms with Crippen LogP contribution in [0.3, 0.4) is 0 Å². The minimum Gasteiger partial charge on any atom is -0.342 e. The van der Waals surface area contributed by atoms with Crippen LogP contribution in [0.4, 0.5) is 4.39 Å². The minimum absolute atomic E-state index is 0.0710. The lowest BCUT2D eigenvalue weighted by atomic mass is 9.83. The molecule has 0 radical (unpaired) electrons.